The normalized spacial score (nSPS) is 16.2. The van der Waals surface area contributed by atoms with Gasteiger partial charge in [-0.1, -0.05) is 11.8 Å². The molecule has 0 N–H and O–H groups in total. The first kappa shape index (κ1) is 28.1. The first-order valence-corrected chi connectivity index (χ1v) is 14.3. The number of Topliss-reactive ketones (excluding diaryl/α,β-unsaturated/α-hetero) is 1. The van der Waals surface area contributed by atoms with E-state index in [0.29, 0.717) is 34.2 Å². The lowest BCUT2D eigenvalue weighted by Gasteiger charge is -2.18. The number of ether oxygens (including phenoxy) is 2. The first-order valence-electron chi connectivity index (χ1n) is 13.4. The Bertz CT molecular complexity index is 1550. The van der Waals surface area contributed by atoms with E-state index in [1.54, 1.807) is 24.3 Å². The molecule has 0 bridgehead atoms. The van der Waals surface area contributed by atoms with Crippen molar-refractivity contribution in [1.82, 2.24) is 4.98 Å². The van der Waals surface area contributed by atoms with E-state index in [1.807, 2.05) is 13.0 Å². The third kappa shape index (κ3) is 6.15. The first-order chi connectivity index (χ1) is 19.9. The van der Waals surface area contributed by atoms with Crippen LogP contribution in [0.1, 0.15) is 63.7 Å². The number of carbonyl (C=O) groups excluding carboxylic acids is 4. The highest BCUT2D eigenvalue weighted by molar-refractivity contribution is 8.00. The maximum Gasteiger partial charge on any atom is 0.338 e. The number of hydrogen-bond acceptors (Lipinski definition) is 9. The molecule has 2 heterocycles. The summed E-state index contributed by atoms with van der Waals surface area (Å²) in [5.74, 6) is -1.20. The molecule has 208 valence electrons. The van der Waals surface area contributed by atoms with Gasteiger partial charge in [-0.2, -0.15) is 5.26 Å². The third-order valence-corrected chi connectivity index (χ3v) is 8.12. The molecule has 10 heteroatoms. The second-order valence-electron chi connectivity index (χ2n) is 9.65. The molecular weight excluding hydrogens is 542 g/mol. The summed E-state index contributed by atoms with van der Waals surface area (Å²) in [6.45, 7) is 1.94. The molecular formula is C31H27N3O6S. The summed E-state index contributed by atoms with van der Waals surface area (Å²) in [6, 6.07) is 16.5. The molecule has 0 spiro atoms. The van der Waals surface area contributed by atoms with Gasteiger partial charge in [0.1, 0.15) is 16.8 Å². The fourth-order valence-corrected chi connectivity index (χ4v) is 5.93. The van der Waals surface area contributed by atoms with Crippen molar-refractivity contribution in [2.24, 2.45) is 0 Å². The highest BCUT2D eigenvalue weighted by atomic mass is 32.2. The lowest BCUT2D eigenvalue weighted by Crippen LogP contribution is -2.31. The number of aromatic nitrogens is 1. The van der Waals surface area contributed by atoms with Crippen LogP contribution in [-0.2, 0) is 27.2 Å². The van der Waals surface area contributed by atoms with Crippen molar-refractivity contribution in [3.63, 3.8) is 0 Å². The van der Waals surface area contributed by atoms with Crippen LogP contribution in [0.5, 0.6) is 5.75 Å². The van der Waals surface area contributed by atoms with Gasteiger partial charge in [0, 0.05) is 17.7 Å². The monoisotopic (exact) mass is 569 g/mol. The van der Waals surface area contributed by atoms with Crippen LogP contribution < -0.4 is 9.64 Å². The van der Waals surface area contributed by atoms with Gasteiger partial charge in [-0.25, -0.2) is 14.7 Å². The standard InChI is InChI=1S/C31H27N3O6S/c1-2-39-24-13-9-19(10-14-24)26(35)18-40-31(38)20-7-11-23(12-8-20)34-28(36)16-27(30(34)37)41-29-22(17-32)15-21-5-3-4-6-25(21)33-29/h7-15,27H,2-6,16,18H2,1H3. The number of pyridine rings is 1. The molecule has 2 aromatic carbocycles. The Morgan fingerprint density at radius 3 is 2.46 bits per heavy atom. The minimum atomic E-state index is -0.706. The van der Waals surface area contributed by atoms with Crippen molar-refractivity contribution < 1.29 is 28.7 Å². The van der Waals surface area contributed by atoms with Crippen molar-refractivity contribution >= 4 is 41.0 Å². The van der Waals surface area contributed by atoms with Crippen LogP contribution in [-0.4, -0.2) is 47.0 Å². The number of ketones is 1. The summed E-state index contributed by atoms with van der Waals surface area (Å²) in [4.78, 5) is 56.7. The molecule has 0 saturated carbocycles. The molecule has 1 saturated heterocycles. The number of nitrogens with zero attached hydrogens (tertiary/aromatic N) is 3. The average Bonchev–Trinajstić information content (AvgIpc) is 3.27. The van der Waals surface area contributed by atoms with E-state index < -0.39 is 23.7 Å². The summed E-state index contributed by atoms with van der Waals surface area (Å²) >= 11 is 1.15. The SMILES string of the molecule is CCOc1ccc(C(=O)COC(=O)c2ccc(N3C(=O)CC(Sc4nc5c(cc4C#N)CCCC5)C3=O)cc2)cc1. The summed E-state index contributed by atoms with van der Waals surface area (Å²) in [7, 11) is 0. The fraction of sp³-hybridized carbons (Fsp3) is 0.290. The maximum absolute atomic E-state index is 13.2. The van der Waals surface area contributed by atoms with Gasteiger partial charge in [0.25, 0.3) is 0 Å². The number of imide groups is 1. The van der Waals surface area contributed by atoms with Gasteiger partial charge in [0.15, 0.2) is 12.4 Å². The number of esters is 1. The Balaban J connectivity index is 1.21. The van der Waals surface area contributed by atoms with Gasteiger partial charge in [-0.3, -0.25) is 14.4 Å². The second kappa shape index (κ2) is 12.4. The molecule has 1 aliphatic heterocycles. The van der Waals surface area contributed by atoms with E-state index in [2.05, 4.69) is 11.1 Å². The summed E-state index contributed by atoms with van der Waals surface area (Å²) in [5, 5.41) is 9.41. The van der Waals surface area contributed by atoms with Crippen molar-refractivity contribution in [1.29, 1.82) is 5.26 Å². The highest BCUT2D eigenvalue weighted by Gasteiger charge is 2.41. The lowest BCUT2D eigenvalue weighted by atomic mass is 9.95. The molecule has 3 aromatic rings. The topological polar surface area (TPSA) is 127 Å². The molecule has 41 heavy (non-hydrogen) atoms. The van der Waals surface area contributed by atoms with Gasteiger partial charge in [0.05, 0.1) is 28.7 Å². The number of hydrogen-bond donors (Lipinski definition) is 0. The molecule has 1 aromatic heterocycles. The number of aryl methyl sites for hydroxylation is 2. The van der Waals surface area contributed by atoms with E-state index in [9.17, 15) is 24.4 Å². The Hall–Kier alpha value is -4.49. The van der Waals surface area contributed by atoms with Crippen LogP contribution >= 0.6 is 11.8 Å². The molecule has 1 aliphatic carbocycles. The molecule has 2 amide bonds. The highest BCUT2D eigenvalue weighted by Crippen LogP contribution is 2.36. The van der Waals surface area contributed by atoms with Crippen LogP contribution in [0.3, 0.4) is 0 Å². The van der Waals surface area contributed by atoms with Crippen LogP contribution in [0, 0.1) is 11.3 Å². The summed E-state index contributed by atoms with van der Waals surface area (Å²) < 4.78 is 10.5. The minimum absolute atomic E-state index is 0.0232. The predicted molar refractivity (Wildman–Crippen MR) is 151 cm³/mol. The number of fused-ring (bicyclic) bond motifs is 1. The zero-order chi connectivity index (χ0) is 28.9. The van der Waals surface area contributed by atoms with E-state index in [0.717, 1.165) is 53.6 Å². The van der Waals surface area contributed by atoms with Crippen LogP contribution in [0.25, 0.3) is 0 Å². The molecule has 1 atom stereocenters. The minimum Gasteiger partial charge on any atom is -0.494 e. The maximum atomic E-state index is 13.2. The largest absolute Gasteiger partial charge is 0.494 e. The Morgan fingerprint density at radius 1 is 1.05 bits per heavy atom. The third-order valence-electron chi connectivity index (χ3n) is 6.93. The number of nitriles is 1. The lowest BCUT2D eigenvalue weighted by molar-refractivity contribution is -0.121. The van der Waals surface area contributed by atoms with Crippen molar-refractivity contribution in [2.45, 2.75) is 49.3 Å². The number of benzene rings is 2. The van der Waals surface area contributed by atoms with Gasteiger partial charge in [-0.05, 0) is 92.8 Å². The van der Waals surface area contributed by atoms with Crippen molar-refractivity contribution in [3.8, 4) is 11.8 Å². The van der Waals surface area contributed by atoms with Gasteiger partial charge in [0.2, 0.25) is 11.8 Å². The predicted octanol–water partition coefficient (Wildman–Crippen LogP) is 4.69. The van der Waals surface area contributed by atoms with E-state index in [-0.39, 0.29) is 23.7 Å². The van der Waals surface area contributed by atoms with Crippen LogP contribution in [0.15, 0.2) is 59.6 Å². The van der Waals surface area contributed by atoms with E-state index in [4.69, 9.17) is 9.47 Å². The molecule has 0 radical (unpaired) electrons. The van der Waals surface area contributed by atoms with Crippen molar-refractivity contribution in [3.05, 3.63) is 82.5 Å². The molecule has 1 fully saturated rings. The average molecular weight is 570 g/mol. The quantitative estimate of drug-likeness (QED) is 0.205. The summed E-state index contributed by atoms with van der Waals surface area (Å²) in [5.41, 5.74) is 3.33. The van der Waals surface area contributed by atoms with Gasteiger partial charge in [-0.15, -0.1) is 0 Å². The van der Waals surface area contributed by atoms with Gasteiger partial charge >= 0.3 is 5.97 Å². The van der Waals surface area contributed by atoms with E-state index in [1.165, 1.54) is 24.3 Å². The van der Waals surface area contributed by atoms with Crippen molar-refractivity contribution in [2.75, 3.05) is 18.1 Å². The molecule has 9 nitrogen and oxygen atoms in total. The number of amides is 2. The zero-order valence-electron chi connectivity index (χ0n) is 22.4. The Morgan fingerprint density at radius 2 is 1.76 bits per heavy atom. The molecule has 5 rings (SSSR count). The summed E-state index contributed by atoms with van der Waals surface area (Å²) in [6.07, 6.45) is 3.80. The fourth-order valence-electron chi connectivity index (χ4n) is 4.83. The molecule has 2 aliphatic rings. The number of thioether (sulfide) groups is 1. The Labute approximate surface area is 241 Å². The van der Waals surface area contributed by atoms with E-state index >= 15 is 0 Å². The number of carbonyl (C=O) groups is 4. The zero-order valence-corrected chi connectivity index (χ0v) is 23.2. The number of anilines is 1. The molecule has 1 unspecified atom stereocenters. The number of rotatable bonds is 9. The smallest absolute Gasteiger partial charge is 0.338 e. The van der Waals surface area contributed by atoms with Crippen LogP contribution in [0.4, 0.5) is 5.69 Å². The Kier molecular flexibility index (Phi) is 8.45. The van der Waals surface area contributed by atoms with Gasteiger partial charge < -0.3 is 9.47 Å². The second-order valence-corrected chi connectivity index (χ2v) is 10.8. The van der Waals surface area contributed by atoms with Crippen LogP contribution in [0.2, 0.25) is 0 Å².